The van der Waals surface area contributed by atoms with Crippen molar-refractivity contribution in [1.82, 2.24) is 5.43 Å². The van der Waals surface area contributed by atoms with Crippen molar-refractivity contribution in [2.45, 2.75) is 11.8 Å². The van der Waals surface area contributed by atoms with E-state index in [1.54, 1.807) is 35.8 Å². The van der Waals surface area contributed by atoms with Crippen molar-refractivity contribution in [2.24, 2.45) is 5.84 Å². The fourth-order valence-electron chi connectivity index (χ4n) is 2.10. The van der Waals surface area contributed by atoms with Gasteiger partial charge in [-0.1, -0.05) is 48.6 Å². The molecule has 1 unspecified atom stereocenters. The molecule has 0 saturated heterocycles. The van der Waals surface area contributed by atoms with Gasteiger partial charge in [-0.3, -0.25) is 15.0 Å². The summed E-state index contributed by atoms with van der Waals surface area (Å²) in [6.45, 7) is 0. The molecule has 0 heterocycles. The molecule has 22 heavy (non-hydrogen) atoms. The number of hydrazine groups is 1. The van der Waals surface area contributed by atoms with Gasteiger partial charge >= 0.3 is 11.9 Å². The largest absolute Gasteiger partial charge is 0.480 e. The number of nitrogens with one attached hydrogen (secondary N) is 1. The summed E-state index contributed by atoms with van der Waals surface area (Å²) in [5.41, 5.74) is 1.15. The third kappa shape index (κ3) is 3.80. The van der Waals surface area contributed by atoms with Crippen LogP contribution >= 0.6 is 0 Å². The van der Waals surface area contributed by atoms with E-state index in [4.69, 9.17) is 9.90 Å². The zero-order chi connectivity index (χ0) is 16.6. The number of nitrogens with two attached hydrogens (primary N) is 1. The van der Waals surface area contributed by atoms with Crippen LogP contribution < -0.4 is 11.3 Å². The smallest absolute Gasteiger partial charge is 0.331 e. The second-order valence-electron chi connectivity index (χ2n) is 4.46. The number of benzene rings is 1. The van der Waals surface area contributed by atoms with Gasteiger partial charge < -0.3 is 10.2 Å². The Labute approximate surface area is 126 Å². The molecule has 1 aromatic carbocycles. The summed E-state index contributed by atoms with van der Waals surface area (Å²) >= 11 is 0. The number of carboxylic acid groups (broad SMARTS) is 2. The Hall–Kier alpha value is -2.93. The van der Waals surface area contributed by atoms with E-state index in [0.29, 0.717) is 12.0 Å². The molecule has 0 fully saturated rings. The van der Waals surface area contributed by atoms with Gasteiger partial charge in [0.1, 0.15) is 5.41 Å². The summed E-state index contributed by atoms with van der Waals surface area (Å²) < 4.78 is 0. The highest BCUT2D eigenvalue weighted by atomic mass is 16.4. The Kier molecular flexibility index (Phi) is 6.03. The lowest BCUT2D eigenvalue weighted by Gasteiger charge is -2.28. The molecule has 1 aliphatic rings. The SMILES string of the molecule is NNC=O.O=C(O)C1=CC=CC(C(=O)O)(c2ccccc2)C1. The highest BCUT2D eigenvalue weighted by Crippen LogP contribution is 2.36. The summed E-state index contributed by atoms with van der Waals surface area (Å²) in [6, 6.07) is 8.67. The van der Waals surface area contributed by atoms with E-state index in [1.807, 2.05) is 0 Å². The van der Waals surface area contributed by atoms with Gasteiger partial charge in [-0.2, -0.15) is 0 Å². The maximum Gasteiger partial charge on any atom is 0.331 e. The molecule has 0 aliphatic heterocycles. The van der Waals surface area contributed by atoms with Gasteiger partial charge in [-0.05, 0) is 5.56 Å². The number of hydrogen-bond acceptors (Lipinski definition) is 4. The Morgan fingerprint density at radius 2 is 1.82 bits per heavy atom. The third-order valence-corrected chi connectivity index (χ3v) is 3.16. The summed E-state index contributed by atoms with van der Waals surface area (Å²) in [5, 5.41) is 18.5. The van der Waals surface area contributed by atoms with Gasteiger partial charge in [0.2, 0.25) is 6.41 Å². The van der Waals surface area contributed by atoms with Crippen LogP contribution in [0.4, 0.5) is 0 Å². The maximum atomic E-state index is 11.6. The van der Waals surface area contributed by atoms with Crippen molar-refractivity contribution in [1.29, 1.82) is 0 Å². The van der Waals surface area contributed by atoms with Gasteiger partial charge in [0, 0.05) is 12.0 Å². The molecular formula is C15H16N2O5. The Morgan fingerprint density at radius 1 is 1.23 bits per heavy atom. The zero-order valence-corrected chi connectivity index (χ0v) is 11.6. The highest BCUT2D eigenvalue weighted by Gasteiger charge is 2.41. The first-order chi connectivity index (χ1) is 10.5. The second-order valence-corrected chi connectivity index (χ2v) is 4.46. The molecule has 1 aliphatic carbocycles. The first-order valence-corrected chi connectivity index (χ1v) is 6.28. The van der Waals surface area contributed by atoms with Crippen LogP contribution in [0, 0.1) is 0 Å². The van der Waals surface area contributed by atoms with Gasteiger partial charge in [0.05, 0.1) is 0 Å². The van der Waals surface area contributed by atoms with E-state index in [2.05, 4.69) is 5.84 Å². The average Bonchev–Trinajstić information content (AvgIpc) is 2.55. The molecule has 116 valence electrons. The maximum absolute atomic E-state index is 11.6. The summed E-state index contributed by atoms with van der Waals surface area (Å²) in [5.74, 6) is 2.28. The van der Waals surface area contributed by atoms with Gasteiger partial charge in [-0.25, -0.2) is 10.6 Å². The molecule has 0 aromatic heterocycles. The minimum atomic E-state index is -1.29. The van der Waals surface area contributed by atoms with Gasteiger partial charge in [0.25, 0.3) is 0 Å². The number of carbonyl (C=O) groups excluding carboxylic acids is 1. The Bertz CT molecular complexity index is 610. The molecule has 2 rings (SSSR count). The molecule has 1 amide bonds. The van der Waals surface area contributed by atoms with Crippen LogP contribution in [0.3, 0.4) is 0 Å². The zero-order valence-electron chi connectivity index (χ0n) is 11.6. The predicted octanol–water partition coefficient (Wildman–Crippen LogP) is 0.586. The van der Waals surface area contributed by atoms with Gasteiger partial charge in [-0.15, -0.1) is 0 Å². The molecule has 0 spiro atoms. The predicted molar refractivity (Wildman–Crippen MR) is 78.6 cm³/mol. The van der Waals surface area contributed by atoms with E-state index in [0.717, 1.165) is 0 Å². The quantitative estimate of drug-likeness (QED) is 0.279. The highest BCUT2D eigenvalue weighted by molar-refractivity contribution is 5.92. The summed E-state index contributed by atoms with van der Waals surface area (Å²) in [6.07, 6.45) is 4.83. The van der Waals surface area contributed by atoms with E-state index in [9.17, 15) is 14.7 Å². The molecule has 0 radical (unpaired) electrons. The molecule has 0 bridgehead atoms. The number of allylic oxidation sites excluding steroid dienone is 2. The minimum Gasteiger partial charge on any atom is -0.480 e. The topological polar surface area (TPSA) is 130 Å². The summed E-state index contributed by atoms with van der Waals surface area (Å²) in [4.78, 5) is 31.5. The van der Waals surface area contributed by atoms with Crippen molar-refractivity contribution >= 4 is 18.3 Å². The van der Waals surface area contributed by atoms with Crippen LogP contribution in [-0.4, -0.2) is 28.6 Å². The lowest BCUT2D eigenvalue weighted by molar-refractivity contribution is -0.142. The van der Waals surface area contributed by atoms with Crippen molar-refractivity contribution < 1.29 is 24.6 Å². The van der Waals surface area contributed by atoms with E-state index < -0.39 is 17.4 Å². The number of hydrogen-bond donors (Lipinski definition) is 4. The van der Waals surface area contributed by atoms with Crippen molar-refractivity contribution in [3.8, 4) is 0 Å². The van der Waals surface area contributed by atoms with Crippen LogP contribution in [0.15, 0.2) is 54.1 Å². The Morgan fingerprint density at radius 3 is 2.27 bits per heavy atom. The third-order valence-electron chi connectivity index (χ3n) is 3.16. The van der Waals surface area contributed by atoms with Crippen molar-refractivity contribution in [2.75, 3.05) is 0 Å². The molecule has 1 atom stereocenters. The van der Waals surface area contributed by atoms with Crippen LogP contribution in [0.2, 0.25) is 0 Å². The molecule has 1 aromatic rings. The van der Waals surface area contributed by atoms with Crippen molar-refractivity contribution in [3.05, 3.63) is 59.7 Å². The van der Waals surface area contributed by atoms with Crippen LogP contribution in [0.25, 0.3) is 0 Å². The molecular weight excluding hydrogens is 288 g/mol. The van der Waals surface area contributed by atoms with Gasteiger partial charge in [0.15, 0.2) is 0 Å². The van der Waals surface area contributed by atoms with E-state index in [-0.39, 0.29) is 12.0 Å². The lowest BCUT2D eigenvalue weighted by atomic mass is 9.73. The number of carbonyl (C=O) groups is 3. The van der Waals surface area contributed by atoms with E-state index in [1.165, 1.54) is 18.2 Å². The number of rotatable bonds is 4. The number of amides is 1. The first-order valence-electron chi connectivity index (χ1n) is 6.28. The fraction of sp³-hybridized carbons (Fsp3) is 0.133. The van der Waals surface area contributed by atoms with Crippen molar-refractivity contribution in [3.63, 3.8) is 0 Å². The van der Waals surface area contributed by atoms with Crippen LogP contribution in [0.5, 0.6) is 0 Å². The average molecular weight is 304 g/mol. The minimum absolute atomic E-state index is 0.0435. The summed E-state index contributed by atoms with van der Waals surface area (Å²) in [7, 11) is 0. The Balaban J connectivity index is 0.000000541. The van der Waals surface area contributed by atoms with Crippen LogP contribution in [0.1, 0.15) is 12.0 Å². The fourth-order valence-corrected chi connectivity index (χ4v) is 2.10. The lowest BCUT2D eigenvalue weighted by Crippen LogP contribution is -2.36. The second kappa shape index (κ2) is 7.75. The first kappa shape index (κ1) is 17.1. The molecule has 7 heteroatoms. The normalized spacial score (nSPS) is 19.2. The van der Waals surface area contributed by atoms with Crippen LogP contribution in [-0.2, 0) is 19.8 Å². The van der Waals surface area contributed by atoms with E-state index >= 15 is 0 Å². The number of aliphatic carboxylic acids is 2. The number of carboxylic acids is 2. The molecule has 5 N–H and O–H groups in total. The molecule has 0 saturated carbocycles. The monoisotopic (exact) mass is 304 g/mol. The molecule has 7 nitrogen and oxygen atoms in total. The standard InChI is InChI=1S/C14H12O4.CH4N2O/c15-12(16)10-5-4-8-14(9-10,13(17)18)11-6-2-1-3-7-11;2-3-1-4/h1-8H,9H2,(H,15,16)(H,17,18);1H,2H2,(H,3,4).